The molecule has 1 aromatic carbocycles. The van der Waals surface area contributed by atoms with Gasteiger partial charge in [-0.25, -0.2) is 0 Å². The highest BCUT2D eigenvalue weighted by molar-refractivity contribution is 5.85. The van der Waals surface area contributed by atoms with Crippen LogP contribution in [0.25, 0.3) is 0 Å². The molecule has 0 radical (unpaired) electrons. The molecule has 3 nitrogen and oxygen atoms in total. The maximum Gasteiger partial charge on any atom is 0.137 e. The first-order valence-corrected chi connectivity index (χ1v) is 12.3. The van der Waals surface area contributed by atoms with E-state index in [1.54, 1.807) is 7.11 Å². The van der Waals surface area contributed by atoms with Crippen LogP contribution in [0.4, 0.5) is 0 Å². The molecule has 0 amide bonds. The highest BCUT2D eigenvalue weighted by atomic mass is 16.5. The predicted octanol–water partition coefficient (Wildman–Crippen LogP) is 4.39. The van der Waals surface area contributed by atoms with Gasteiger partial charge in [-0.05, 0) is 97.9 Å². The number of piperidine rings is 1. The summed E-state index contributed by atoms with van der Waals surface area (Å²) in [6, 6.07) is 7.37. The monoisotopic (exact) mass is 403 g/mol. The number of ether oxygens (including phenoxy) is 1. The van der Waals surface area contributed by atoms with Gasteiger partial charge in [-0.3, -0.25) is 9.69 Å². The van der Waals surface area contributed by atoms with Crippen molar-refractivity contribution in [3.63, 3.8) is 0 Å². The molecule has 8 rings (SSSR count). The highest BCUT2D eigenvalue weighted by Gasteiger charge is 2.64. The van der Waals surface area contributed by atoms with Gasteiger partial charge >= 0.3 is 0 Å². The van der Waals surface area contributed by atoms with Crippen LogP contribution < -0.4 is 4.74 Å². The fourth-order valence-electron chi connectivity index (χ4n) is 8.58. The van der Waals surface area contributed by atoms with Crippen LogP contribution in [0, 0.1) is 35.5 Å². The minimum absolute atomic E-state index is 0.0381. The van der Waals surface area contributed by atoms with Gasteiger partial charge in [-0.1, -0.05) is 18.2 Å². The van der Waals surface area contributed by atoms with E-state index in [4.69, 9.17) is 4.74 Å². The fourth-order valence-corrected chi connectivity index (χ4v) is 8.58. The van der Waals surface area contributed by atoms with E-state index < -0.39 is 0 Å². The average Bonchev–Trinajstić information content (AvgIpc) is 3.60. The third-order valence-electron chi connectivity index (χ3n) is 9.92. The van der Waals surface area contributed by atoms with Gasteiger partial charge in [0, 0.05) is 30.3 Å². The fraction of sp³-hybridized carbons (Fsp3) is 0.667. The summed E-state index contributed by atoms with van der Waals surface area (Å²) in [7, 11) is 1.77. The molecule has 1 heterocycles. The SMILES string of the molecule is COc1ccc2c(c1)[C@]13CCN(CC4CC4)[C@H](C2)[C@@H]1[C@H]1C2C=CC(CC2)[C@H]1C(=O)C3. The highest BCUT2D eigenvalue weighted by Crippen LogP contribution is 2.64. The van der Waals surface area contributed by atoms with Crippen molar-refractivity contribution in [1.82, 2.24) is 4.90 Å². The average molecular weight is 404 g/mol. The third kappa shape index (κ3) is 2.33. The maximum atomic E-state index is 13.7. The van der Waals surface area contributed by atoms with Crippen LogP contribution in [0.2, 0.25) is 0 Å². The molecule has 0 N–H and O–H groups in total. The Hall–Kier alpha value is -1.61. The number of nitrogens with zero attached hydrogens (tertiary/aromatic N) is 1. The summed E-state index contributed by atoms with van der Waals surface area (Å²) in [5, 5.41) is 0. The summed E-state index contributed by atoms with van der Waals surface area (Å²) in [4.78, 5) is 16.6. The number of likely N-dealkylation sites (tertiary alicyclic amines) is 1. The van der Waals surface area contributed by atoms with E-state index >= 15 is 0 Å². The molecular formula is C27H33NO2. The zero-order valence-corrected chi connectivity index (χ0v) is 18.1. The quantitative estimate of drug-likeness (QED) is 0.701. The van der Waals surface area contributed by atoms with Crippen LogP contribution in [0.15, 0.2) is 30.4 Å². The Morgan fingerprint density at radius 1 is 1.13 bits per heavy atom. The number of Topliss-reactive ketones (excluding diaryl/α,β-unsaturated/α-hetero) is 1. The molecule has 7 atom stereocenters. The number of rotatable bonds is 3. The predicted molar refractivity (Wildman–Crippen MR) is 117 cm³/mol. The van der Waals surface area contributed by atoms with Crippen molar-refractivity contribution in [2.24, 2.45) is 35.5 Å². The van der Waals surface area contributed by atoms with Crippen molar-refractivity contribution in [3.05, 3.63) is 41.5 Å². The van der Waals surface area contributed by atoms with Crippen molar-refractivity contribution >= 4 is 5.78 Å². The van der Waals surface area contributed by atoms with Crippen molar-refractivity contribution in [2.45, 2.75) is 56.4 Å². The number of carbonyl (C=O) groups excluding carboxylic acids is 1. The summed E-state index contributed by atoms with van der Waals surface area (Å²) in [5.74, 6) is 5.06. The molecule has 158 valence electrons. The van der Waals surface area contributed by atoms with Gasteiger partial charge in [0.2, 0.25) is 0 Å². The van der Waals surface area contributed by atoms with E-state index in [1.807, 2.05) is 0 Å². The van der Waals surface area contributed by atoms with Gasteiger partial charge in [-0.15, -0.1) is 0 Å². The Labute approximate surface area is 179 Å². The number of methoxy groups -OCH3 is 1. The molecule has 1 aliphatic heterocycles. The van der Waals surface area contributed by atoms with Crippen LogP contribution in [0.5, 0.6) is 5.75 Å². The van der Waals surface area contributed by atoms with Crippen molar-refractivity contribution in [3.8, 4) is 5.75 Å². The lowest BCUT2D eigenvalue weighted by Gasteiger charge is -2.65. The van der Waals surface area contributed by atoms with E-state index in [9.17, 15) is 4.79 Å². The van der Waals surface area contributed by atoms with Gasteiger partial charge in [0.25, 0.3) is 0 Å². The van der Waals surface area contributed by atoms with Gasteiger partial charge in [0.15, 0.2) is 0 Å². The van der Waals surface area contributed by atoms with Crippen LogP contribution in [-0.4, -0.2) is 36.9 Å². The first-order chi connectivity index (χ1) is 14.7. The normalized spacial score (nSPS) is 43.7. The Kier molecular flexibility index (Phi) is 3.73. The minimum atomic E-state index is 0.0381. The van der Waals surface area contributed by atoms with E-state index in [0.717, 1.165) is 30.9 Å². The van der Waals surface area contributed by atoms with Crippen LogP contribution in [0.3, 0.4) is 0 Å². The second-order valence-corrected chi connectivity index (χ2v) is 11.2. The Morgan fingerprint density at radius 2 is 1.97 bits per heavy atom. The number of hydrogen-bond acceptors (Lipinski definition) is 3. The van der Waals surface area contributed by atoms with Crippen LogP contribution in [-0.2, 0) is 16.6 Å². The summed E-state index contributed by atoms with van der Waals surface area (Å²) >= 11 is 0. The molecule has 3 saturated carbocycles. The van der Waals surface area contributed by atoms with Crippen LogP contribution in [0.1, 0.15) is 49.7 Å². The molecule has 30 heavy (non-hydrogen) atoms. The number of fused-ring (bicyclic) bond motifs is 2. The van der Waals surface area contributed by atoms with E-state index in [1.165, 1.54) is 49.9 Å². The number of carbonyl (C=O) groups is 1. The van der Waals surface area contributed by atoms with Crippen LogP contribution >= 0.6 is 0 Å². The summed E-state index contributed by atoms with van der Waals surface area (Å²) in [6.45, 7) is 2.46. The third-order valence-corrected chi connectivity index (χ3v) is 9.92. The molecule has 3 heteroatoms. The molecule has 6 aliphatic carbocycles. The molecule has 4 fully saturated rings. The first kappa shape index (κ1) is 18.0. The van der Waals surface area contributed by atoms with Crippen molar-refractivity contribution in [2.75, 3.05) is 20.2 Å². The zero-order chi connectivity index (χ0) is 20.0. The van der Waals surface area contributed by atoms with E-state index in [-0.39, 0.29) is 5.41 Å². The molecule has 4 bridgehead atoms. The largest absolute Gasteiger partial charge is 0.497 e. The zero-order valence-electron chi connectivity index (χ0n) is 18.1. The molecule has 0 spiro atoms. The molecule has 2 unspecified atom stereocenters. The summed E-state index contributed by atoms with van der Waals surface area (Å²) < 4.78 is 5.65. The standard InChI is InChI=1S/C27H33NO2/c1-30-20-9-8-19-12-22-26-25-18-6-4-17(5-7-18)24(25)23(29)14-27(26,21(19)13-20)10-11-28(22)15-16-2-3-16/h4,6,8-9,13,16-18,22,24-26H,2-3,5,7,10-12,14-15H2,1H3/t17?,18?,22-,24+,25+,26-,27-/m1/s1. The Balaban J connectivity index is 1.40. The summed E-state index contributed by atoms with van der Waals surface area (Å²) in [5.41, 5.74) is 2.99. The molecule has 1 saturated heterocycles. The number of allylic oxidation sites excluding steroid dienone is 2. The minimum Gasteiger partial charge on any atom is -0.497 e. The van der Waals surface area contributed by atoms with E-state index in [0.29, 0.717) is 41.4 Å². The smallest absolute Gasteiger partial charge is 0.137 e. The van der Waals surface area contributed by atoms with Gasteiger partial charge in [0.1, 0.15) is 11.5 Å². The lowest BCUT2D eigenvalue weighted by atomic mass is 9.42. The lowest BCUT2D eigenvalue weighted by molar-refractivity contribution is -0.151. The van der Waals surface area contributed by atoms with Gasteiger partial charge in [0.05, 0.1) is 7.11 Å². The molecule has 7 aliphatic rings. The number of benzene rings is 1. The Bertz CT molecular complexity index is 933. The van der Waals surface area contributed by atoms with Crippen molar-refractivity contribution < 1.29 is 9.53 Å². The number of ketones is 1. The first-order valence-electron chi connectivity index (χ1n) is 12.3. The maximum absolute atomic E-state index is 13.7. The molecule has 1 aromatic rings. The van der Waals surface area contributed by atoms with Gasteiger partial charge in [-0.2, -0.15) is 0 Å². The molecule has 0 aromatic heterocycles. The second-order valence-electron chi connectivity index (χ2n) is 11.2. The van der Waals surface area contributed by atoms with E-state index in [2.05, 4.69) is 35.3 Å². The second kappa shape index (κ2) is 6.22. The Morgan fingerprint density at radius 3 is 2.73 bits per heavy atom. The van der Waals surface area contributed by atoms with Crippen molar-refractivity contribution in [1.29, 1.82) is 0 Å². The molecular weight excluding hydrogens is 370 g/mol. The topological polar surface area (TPSA) is 29.5 Å². The van der Waals surface area contributed by atoms with Gasteiger partial charge < -0.3 is 4.74 Å². The lowest BCUT2D eigenvalue weighted by Crippen LogP contribution is -2.68. The number of hydrogen-bond donors (Lipinski definition) is 0. The summed E-state index contributed by atoms with van der Waals surface area (Å²) in [6.07, 6.45) is 13.4.